The van der Waals surface area contributed by atoms with Crippen molar-refractivity contribution in [1.29, 1.82) is 5.26 Å². The van der Waals surface area contributed by atoms with Crippen LogP contribution in [0.15, 0.2) is 34.1 Å². The Balaban J connectivity index is 1.56. The molecule has 4 heterocycles. The number of fused-ring (bicyclic) bond motifs is 8. The molecule has 0 spiro atoms. The third kappa shape index (κ3) is 3.68. The van der Waals surface area contributed by atoms with E-state index in [9.17, 15) is 24.8 Å². The SMILES string of the molecule is C/C=C(/C)C(=O)OC[C@H]1c2c(c(O)c(C)c3c2OCO3)C[C@H]2[C@H]3C4=C(CC([C@H](C#N)N12)N3C)C(=O)C(C)=C(OC)C4=O. The van der Waals surface area contributed by atoms with Crippen LogP contribution < -0.4 is 9.47 Å². The van der Waals surface area contributed by atoms with Crippen LogP contribution in [0.4, 0.5) is 0 Å². The Kier molecular flexibility index (Phi) is 6.66. The smallest absolute Gasteiger partial charge is 0.333 e. The number of ketones is 2. The molecule has 1 aromatic carbocycles. The van der Waals surface area contributed by atoms with Crippen molar-refractivity contribution < 1.29 is 38.4 Å². The molecule has 0 aromatic heterocycles. The minimum atomic E-state index is -0.734. The molecule has 4 aliphatic heterocycles. The van der Waals surface area contributed by atoms with Crippen molar-refractivity contribution in [2.24, 2.45) is 0 Å². The van der Waals surface area contributed by atoms with Crippen LogP contribution >= 0.6 is 0 Å². The summed E-state index contributed by atoms with van der Waals surface area (Å²) >= 11 is 0. The molecule has 5 aliphatic rings. The standard InChI is InChI=1S/C31H33N3O8/c1-7-13(2)31(38)40-11-21-22-16(26(36)15(4)29-30(22)42-12-41-29)9-19-24-23-17(25(35)14(3)28(39-6)27(23)37)8-18(33(24)5)20(10-32)34(19)21/h7,18-21,24,36H,8-9,11-12H2,1-6H3/b13-7-/t18?,19-,20-,21-,24-/m0/s1. The summed E-state index contributed by atoms with van der Waals surface area (Å²) < 4.78 is 22.8. The predicted octanol–water partition coefficient (Wildman–Crippen LogP) is 2.55. The van der Waals surface area contributed by atoms with Gasteiger partial charge in [0.25, 0.3) is 0 Å². The van der Waals surface area contributed by atoms with Crippen molar-refractivity contribution in [3.8, 4) is 23.3 Å². The highest BCUT2D eigenvalue weighted by Crippen LogP contribution is 2.56. The van der Waals surface area contributed by atoms with Gasteiger partial charge in [0.1, 0.15) is 18.4 Å². The van der Waals surface area contributed by atoms with Crippen LogP contribution in [0.1, 0.15) is 49.9 Å². The maximum atomic E-state index is 13.9. The number of piperazine rings is 1. The van der Waals surface area contributed by atoms with E-state index < -0.39 is 36.2 Å². The van der Waals surface area contributed by atoms with E-state index >= 15 is 0 Å². The van der Waals surface area contributed by atoms with Gasteiger partial charge in [-0.2, -0.15) is 5.26 Å². The first-order chi connectivity index (χ1) is 20.1. The highest BCUT2D eigenvalue weighted by atomic mass is 16.7. The van der Waals surface area contributed by atoms with E-state index in [4.69, 9.17) is 18.9 Å². The van der Waals surface area contributed by atoms with Gasteiger partial charge in [-0.25, -0.2) is 4.79 Å². The molecule has 1 fully saturated rings. The monoisotopic (exact) mass is 575 g/mol. The second-order valence-electron chi connectivity index (χ2n) is 11.4. The lowest BCUT2D eigenvalue weighted by atomic mass is 9.69. The highest BCUT2D eigenvalue weighted by molar-refractivity contribution is 6.25. The number of hydrogen-bond donors (Lipinski definition) is 1. The minimum Gasteiger partial charge on any atom is -0.507 e. The van der Waals surface area contributed by atoms with Gasteiger partial charge in [0.2, 0.25) is 12.6 Å². The van der Waals surface area contributed by atoms with Gasteiger partial charge in [-0.1, -0.05) is 6.08 Å². The molecule has 0 saturated carbocycles. The number of carbonyl (C=O) groups excluding carboxylic acids is 3. The average Bonchev–Trinajstić information content (AvgIpc) is 3.47. The van der Waals surface area contributed by atoms with Crippen LogP contribution in [-0.2, 0) is 30.3 Å². The van der Waals surface area contributed by atoms with E-state index in [1.54, 1.807) is 33.8 Å². The van der Waals surface area contributed by atoms with Gasteiger partial charge in [-0.3, -0.25) is 19.4 Å². The number of aromatic hydroxyl groups is 1. The van der Waals surface area contributed by atoms with Crippen LogP contribution in [0.3, 0.4) is 0 Å². The summed E-state index contributed by atoms with van der Waals surface area (Å²) in [4.78, 5) is 44.2. The Morgan fingerprint density at radius 3 is 2.55 bits per heavy atom. The van der Waals surface area contributed by atoms with E-state index in [1.165, 1.54) is 7.11 Å². The molecular weight excluding hydrogens is 542 g/mol. The number of nitrogens with zero attached hydrogens (tertiary/aromatic N) is 3. The van der Waals surface area contributed by atoms with Gasteiger partial charge >= 0.3 is 5.97 Å². The van der Waals surface area contributed by atoms with E-state index in [1.807, 2.05) is 16.8 Å². The van der Waals surface area contributed by atoms with Gasteiger partial charge in [-0.05, 0) is 47.6 Å². The van der Waals surface area contributed by atoms with Crippen molar-refractivity contribution >= 4 is 17.5 Å². The van der Waals surface area contributed by atoms with Crippen LogP contribution in [0.25, 0.3) is 0 Å². The van der Waals surface area contributed by atoms with E-state index in [2.05, 4.69) is 6.07 Å². The fourth-order valence-electron chi connectivity index (χ4n) is 7.40. The van der Waals surface area contributed by atoms with Crippen molar-refractivity contribution in [3.63, 3.8) is 0 Å². The maximum Gasteiger partial charge on any atom is 0.333 e. The fraction of sp³-hybridized carbons (Fsp3) is 0.484. The minimum absolute atomic E-state index is 0.0186. The lowest BCUT2D eigenvalue weighted by Crippen LogP contribution is -2.72. The number of methoxy groups -OCH3 is 1. The molecule has 1 aliphatic carbocycles. The molecule has 5 atom stereocenters. The molecule has 11 heteroatoms. The average molecular weight is 576 g/mol. The Morgan fingerprint density at radius 2 is 1.88 bits per heavy atom. The van der Waals surface area contributed by atoms with Crippen LogP contribution in [0.5, 0.6) is 17.2 Å². The molecule has 1 N–H and O–H groups in total. The van der Waals surface area contributed by atoms with Gasteiger partial charge in [0.15, 0.2) is 23.0 Å². The van der Waals surface area contributed by atoms with Gasteiger partial charge in [-0.15, -0.1) is 0 Å². The van der Waals surface area contributed by atoms with Gasteiger partial charge < -0.3 is 24.1 Å². The zero-order valence-electron chi connectivity index (χ0n) is 24.4. The first kappa shape index (κ1) is 28.0. The zero-order chi connectivity index (χ0) is 30.2. The molecule has 11 nitrogen and oxygen atoms in total. The topological polar surface area (TPSA) is 139 Å². The van der Waals surface area contributed by atoms with Crippen molar-refractivity contribution in [3.05, 3.63) is 50.8 Å². The lowest BCUT2D eigenvalue weighted by molar-refractivity contribution is -0.144. The number of allylic oxidation sites excluding steroid dienone is 3. The zero-order valence-corrected chi connectivity index (χ0v) is 24.4. The quantitative estimate of drug-likeness (QED) is 0.322. The molecule has 1 saturated heterocycles. The number of ether oxygens (including phenoxy) is 4. The number of phenolic OH excluding ortho intramolecular Hbond substituents is 1. The predicted molar refractivity (Wildman–Crippen MR) is 148 cm³/mol. The largest absolute Gasteiger partial charge is 0.507 e. The Bertz CT molecular complexity index is 1580. The van der Waals surface area contributed by atoms with Crippen LogP contribution in [0.2, 0.25) is 0 Å². The molecule has 6 rings (SSSR count). The van der Waals surface area contributed by atoms with Crippen LogP contribution in [-0.4, -0.2) is 84.2 Å². The Morgan fingerprint density at radius 1 is 1.17 bits per heavy atom. The molecular formula is C31H33N3O8. The third-order valence-corrected chi connectivity index (χ3v) is 9.57. The van der Waals surface area contributed by atoms with Crippen molar-refractivity contribution in [2.45, 2.75) is 70.7 Å². The summed E-state index contributed by atoms with van der Waals surface area (Å²) in [6, 6.07) is -0.520. The number of Topliss-reactive ketones (excluding diaryl/α,β-unsaturated/α-hetero) is 2. The summed E-state index contributed by atoms with van der Waals surface area (Å²) in [6.45, 7) is 6.56. The van der Waals surface area contributed by atoms with E-state index in [0.717, 1.165) is 0 Å². The number of esters is 1. The Labute approximate surface area is 243 Å². The number of benzene rings is 1. The number of carbonyl (C=O) groups is 3. The Hall–Kier alpha value is -4.14. The molecule has 0 amide bonds. The van der Waals surface area contributed by atoms with Gasteiger partial charge in [0.05, 0.1) is 25.3 Å². The lowest BCUT2D eigenvalue weighted by Gasteiger charge is -2.60. The summed E-state index contributed by atoms with van der Waals surface area (Å²) in [7, 11) is 3.24. The number of hydrogen-bond acceptors (Lipinski definition) is 11. The molecule has 2 bridgehead atoms. The third-order valence-electron chi connectivity index (χ3n) is 9.57. The van der Waals surface area contributed by atoms with Crippen LogP contribution in [0, 0.1) is 18.3 Å². The van der Waals surface area contributed by atoms with Gasteiger partial charge in [0, 0.05) is 51.1 Å². The molecule has 0 radical (unpaired) electrons. The second kappa shape index (κ2) is 10.00. The maximum absolute atomic E-state index is 13.9. The summed E-state index contributed by atoms with van der Waals surface area (Å²) in [5, 5.41) is 22.1. The molecule has 42 heavy (non-hydrogen) atoms. The normalized spacial score (nSPS) is 28.7. The number of phenols is 1. The molecule has 1 unspecified atom stereocenters. The summed E-state index contributed by atoms with van der Waals surface area (Å²) in [5.74, 6) is -0.191. The number of likely N-dealkylation sites (N-methyl/N-ethyl adjacent to an activating group) is 1. The summed E-state index contributed by atoms with van der Waals surface area (Å²) in [6.07, 6.45) is 2.11. The molecule has 1 aromatic rings. The molecule has 220 valence electrons. The first-order valence-corrected chi connectivity index (χ1v) is 14.0. The number of rotatable bonds is 4. The van der Waals surface area contributed by atoms with Crippen molar-refractivity contribution in [2.75, 3.05) is 27.6 Å². The number of nitriles is 1. The van der Waals surface area contributed by atoms with Crippen molar-refractivity contribution in [1.82, 2.24) is 9.80 Å². The van der Waals surface area contributed by atoms with E-state index in [0.29, 0.717) is 44.9 Å². The first-order valence-electron chi connectivity index (χ1n) is 14.0. The second-order valence-corrected chi connectivity index (χ2v) is 11.4. The fourth-order valence-corrected chi connectivity index (χ4v) is 7.40. The highest BCUT2D eigenvalue weighted by Gasteiger charge is 2.59. The summed E-state index contributed by atoms with van der Waals surface area (Å²) in [5.41, 5.74) is 3.15. The van der Waals surface area contributed by atoms with E-state index in [-0.39, 0.29) is 54.9 Å².